The predicted molar refractivity (Wildman–Crippen MR) is 236 cm³/mol. The van der Waals surface area contributed by atoms with E-state index >= 15 is 0 Å². The van der Waals surface area contributed by atoms with E-state index < -0.39 is 31.9 Å². The number of pyridine rings is 2. The van der Waals surface area contributed by atoms with Crippen molar-refractivity contribution in [3.05, 3.63) is 163 Å². The Kier molecular flexibility index (Phi) is 10.5. The van der Waals surface area contributed by atoms with E-state index in [0.29, 0.717) is 16.7 Å². The van der Waals surface area contributed by atoms with Crippen LogP contribution in [0.25, 0.3) is 64.9 Å². The Labute approximate surface area is 354 Å². The van der Waals surface area contributed by atoms with Gasteiger partial charge in [0, 0.05) is 33.7 Å². The zero-order chi connectivity index (χ0) is 42.3. The molecule has 1 radical (unpaired) electrons. The summed E-state index contributed by atoms with van der Waals surface area (Å²) in [6.45, 7) is 5.72. The van der Waals surface area contributed by atoms with E-state index in [1.165, 1.54) is 36.6 Å². The molecular weight excluding hydrogens is 925 g/mol. The Morgan fingerprint density at radius 2 is 1.47 bits per heavy atom. The summed E-state index contributed by atoms with van der Waals surface area (Å²) >= 11 is -0.221. The maximum absolute atomic E-state index is 8.67. The first-order valence-corrected chi connectivity index (χ1v) is 26.5. The number of thiophene rings is 1. The molecule has 0 fully saturated rings. The van der Waals surface area contributed by atoms with E-state index in [0.717, 1.165) is 32.8 Å². The molecule has 0 aliphatic carbocycles. The summed E-state index contributed by atoms with van der Waals surface area (Å²) in [4.78, 5) is 9.28. The molecule has 279 valence electrons. The molecule has 2 nitrogen and oxygen atoms in total. The molecule has 5 aromatic carbocycles. The third-order valence-electron chi connectivity index (χ3n) is 9.30. The van der Waals surface area contributed by atoms with E-state index in [9.17, 15) is 0 Å². The van der Waals surface area contributed by atoms with Crippen molar-refractivity contribution in [3.8, 4) is 44.8 Å². The fraction of sp³-hybridized carbons (Fsp3) is 0.200. The fourth-order valence-corrected chi connectivity index (χ4v) is 11.6. The Bertz CT molecular complexity index is 2770. The summed E-state index contributed by atoms with van der Waals surface area (Å²) in [5.74, 6) is 7.07. The van der Waals surface area contributed by atoms with Crippen LogP contribution in [-0.2, 0) is 26.5 Å². The van der Waals surface area contributed by atoms with Crippen molar-refractivity contribution in [2.75, 3.05) is 0 Å². The van der Waals surface area contributed by atoms with Gasteiger partial charge in [-0.25, -0.2) is 0 Å². The molecule has 0 unspecified atom stereocenters. The molecule has 0 aliphatic rings. The molecule has 0 aliphatic heterocycles. The monoisotopic (exact) mass is 980 g/mol. The molecule has 0 saturated heterocycles. The van der Waals surface area contributed by atoms with Crippen LogP contribution in [0, 0.1) is 31.3 Å². The van der Waals surface area contributed by atoms with Crippen LogP contribution in [0.3, 0.4) is 0 Å². The molecule has 8 rings (SSSR count). The summed E-state index contributed by atoms with van der Waals surface area (Å²) in [5.41, 5.74) is 9.03. The molecule has 0 saturated carbocycles. The molecule has 8 aromatic rings. The van der Waals surface area contributed by atoms with E-state index in [-0.39, 0.29) is 20.1 Å². The Morgan fingerprint density at radius 3 is 2.15 bits per heavy atom. The molecule has 0 bridgehead atoms. The number of hydrogen-bond acceptors (Lipinski definition) is 3. The molecule has 0 spiro atoms. The largest absolute Gasteiger partial charge is 0.305 e. The minimum Gasteiger partial charge on any atom is -0.305 e. The maximum Gasteiger partial charge on any atom is 0.0321 e. The van der Waals surface area contributed by atoms with Gasteiger partial charge in [-0.15, -0.1) is 23.8 Å². The van der Waals surface area contributed by atoms with Crippen molar-refractivity contribution in [1.29, 1.82) is 0 Å². The van der Waals surface area contributed by atoms with Gasteiger partial charge in [-0.05, 0) is 56.9 Å². The van der Waals surface area contributed by atoms with Crippen LogP contribution in [0.4, 0.5) is 0 Å². The zero-order valence-electron chi connectivity index (χ0n) is 37.3. The second-order valence-corrected chi connectivity index (χ2v) is 27.4. The number of aryl methyl sites for hydroxylation is 2. The van der Waals surface area contributed by atoms with Crippen molar-refractivity contribution in [2.45, 2.75) is 58.2 Å². The van der Waals surface area contributed by atoms with Crippen LogP contribution < -0.4 is 4.40 Å². The van der Waals surface area contributed by atoms with Gasteiger partial charge in [0.25, 0.3) is 0 Å². The number of hydrogen-bond donors (Lipinski definition) is 0. The van der Waals surface area contributed by atoms with Gasteiger partial charge in [0.05, 0.1) is 0 Å². The van der Waals surface area contributed by atoms with Gasteiger partial charge < -0.3 is 4.98 Å². The molecule has 3 aromatic heterocycles. The molecular formula is C50H48GeIrN2S-2. The number of aromatic nitrogens is 2. The average molecular weight is 979 g/mol. The SMILES string of the molecule is [2H]C([2H])([2H])c1c[c-]c(-c2cc(C)[c]([Ge]([CH3])([CH3])[CH3])cn2)cc1-c1ccccc1.[2H]C([2H])(c1ccnc(-c2[c-]ccc3c2sc2ccc(-c4ccccc4)cc23)c1)C(C)(C)C.[Ir]. The normalized spacial score (nSPS) is 13.4. The van der Waals surface area contributed by atoms with Gasteiger partial charge in [0.15, 0.2) is 0 Å². The second-order valence-electron chi connectivity index (χ2n) is 15.8. The minimum absolute atomic E-state index is 0. The minimum atomic E-state index is -2.19. The molecule has 3 heterocycles. The van der Waals surface area contributed by atoms with Crippen LogP contribution in [0.1, 0.15) is 44.3 Å². The van der Waals surface area contributed by atoms with Crippen molar-refractivity contribution >= 4 is 49.2 Å². The van der Waals surface area contributed by atoms with Crippen LogP contribution in [0.15, 0.2) is 134 Å². The maximum atomic E-state index is 8.67. The fourth-order valence-electron chi connectivity index (χ4n) is 6.80. The Balaban J connectivity index is 0.000000201. The van der Waals surface area contributed by atoms with Crippen LogP contribution >= 0.6 is 11.3 Å². The van der Waals surface area contributed by atoms with E-state index in [4.69, 9.17) is 6.85 Å². The van der Waals surface area contributed by atoms with Crippen LogP contribution in [-0.4, -0.2) is 23.2 Å². The summed E-state index contributed by atoms with van der Waals surface area (Å²) in [6, 6.07) is 46.5. The van der Waals surface area contributed by atoms with Gasteiger partial charge in [-0.1, -0.05) is 74.2 Å². The van der Waals surface area contributed by atoms with Crippen LogP contribution in [0.5, 0.6) is 0 Å². The topological polar surface area (TPSA) is 25.8 Å². The van der Waals surface area contributed by atoms with E-state index in [2.05, 4.69) is 101 Å². The zero-order valence-corrected chi connectivity index (χ0v) is 37.6. The molecule has 5 heteroatoms. The van der Waals surface area contributed by atoms with E-state index in [1.807, 2.05) is 81.6 Å². The molecule has 0 amide bonds. The Hall–Kier alpha value is -4.19. The van der Waals surface area contributed by atoms with Gasteiger partial charge in [-0.3, -0.25) is 0 Å². The molecule has 0 N–H and O–H groups in total. The number of nitrogens with zero attached hydrogens (tertiary/aromatic N) is 2. The second kappa shape index (κ2) is 16.9. The summed E-state index contributed by atoms with van der Waals surface area (Å²) in [6.07, 6.45) is 2.24. The standard InChI is InChI=1S/C28H24NS.C22H24GeN.Ir/c1-28(2,3)18-19-14-15-29-25(16-19)23-11-7-10-22-24-17-21(20-8-5-4-6-9-20)12-13-26(24)30-27(22)23;1-16-11-12-19(14-20(16)18-9-7-6-8-10-18)22-13-17(2)21(15-24-22)23(3,4)5;/h4-10,12-17H,18H2,1-3H3;6-11,13-15H,1-5H3;/q2*-1;/i18D2;1D3;. The number of fused-ring (bicyclic) bond motifs is 3. The van der Waals surface area contributed by atoms with Gasteiger partial charge in [0.1, 0.15) is 0 Å². The first kappa shape index (κ1) is 34.1. The number of benzene rings is 5. The third-order valence-corrected chi connectivity index (χ3v) is 15.0. The van der Waals surface area contributed by atoms with Gasteiger partial charge >= 0.3 is 152 Å². The first-order valence-electron chi connectivity index (χ1n) is 20.8. The van der Waals surface area contributed by atoms with Gasteiger partial charge in [-0.2, -0.15) is 11.3 Å². The van der Waals surface area contributed by atoms with Crippen LogP contribution in [0.2, 0.25) is 17.3 Å². The summed E-state index contributed by atoms with van der Waals surface area (Å²) < 4.78 is 44.7. The summed E-state index contributed by atoms with van der Waals surface area (Å²) in [7, 11) is 0. The average Bonchev–Trinajstić information content (AvgIpc) is 3.58. The predicted octanol–water partition coefficient (Wildman–Crippen LogP) is 13.5. The van der Waals surface area contributed by atoms with Crippen molar-refractivity contribution in [1.82, 2.24) is 9.97 Å². The van der Waals surface area contributed by atoms with Gasteiger partial charge in [0.2, 0.25) is 0 Å². The molecule has 55 heavy (non-hydrogen) atoms. The first-order chi connectivity index (χ1) is 27.8. The third kappa shape index (κ3) is 9.44. The Morgan fingerprint density at radius 1 is 0.745 bits per heavy atom. The quantitative estimate of drug-likeness (QED) is 0.123. The van der Waals surface area contributed by atoms with Crippen molar-refractivity contribution in [3.63, 3.8) is 0 Å². The molecule has 0 atom stereocenters. The summed E-state index contributed by atoms with van der Waals surface area (Å²) in [5, 5.41) is 2.41. The smallest absolute Gasteiger partial charge is 0.0321 e. The number of rotatable bonds is 6. The van der Waals surface area contributed by atoms with Crippen molar-refractivity contribution in [2.24, 2.45) is 5.41 Å². The van der Waals surface area contributed by atoms with E-state index in [1.54, 1.807) is 29.7 Å². The van der Waals surface area contributed by atoms with Crippen molar-refractivity contribution < 1.29 is 27.0 Å².